The van der Waals surface area contributed by atoms with Gasteiger partial charge >= 0.3 is 0 Å². The van der Waals surface area contributed by atoms with Crippen LogP contribution in [0.25, 0.3) is 11.0 Å². The molecule has 98 valence electrons. The Morgan fingerprint density at radius 2 is 1.90 bits per heavy atom. The Hall–Kier alpha value is -3.09. The molecule has 0 radical (unpaired) electrons. The van der Waals surface area contributed by atoms with Crippen LogP contribution in [-0.4, -0.2) is 26.8 Å². The standard InChI is InChI=1S/C13H9N5O2/c19-7-8-1-3-9(4-2-8)14-15-11-6-5-10-12(13(11)20)17-18-16-10/h1-7,20H,(H,16,17,18)/b15-14+. The minimum absolute atomic E-state index is 0.0792. The molecule has 0 saturated carbocycles. The Bertz CT molecular complexity index is 792. The van der Waals surface area contributed by atoms with Crippen LogP contribution in [0.3, 0.4) is 0 Å². The highest BCUT2D eigenvalue weighted by atomic mass is 16.3. The van der Waals surface area contributed by atoms with Crippen molar-refractivity contribution in [3.05, 3.63) is 42.0 Å². The zero-order valence-corrected chi connectivity index (χ0v) is 10.2. The van der Waals surface area contributed by atoms with Crippen molar-refractivity contribution in [2.75, 3.05) is 0 Å². The Balaban J connectivity index is 1.93. The van der Waals surface area contributed by atoms with E-state index >= 15 is 0 Å². The van der Waals surface area contributed by atoms with E-state index in [9.17, 15) is 9.90 Å². The van der Waals surface area contributed by atoms with Crippen LogP contribution in [0, 0.1) is 0 Å². The van der Waals surface area contributed by atoms with Crippen molar-refractivity contribution >= 4 is 28.7 Å². The number of carbonyl (C=O) groups is 1. The van der Waals surface area contributed by atoms with Crippen molar-refractivity contribution in [3.8, 4) is 5.75 Å². The first-order valence-corrected chi connectivity index (χ1v) is 5.77. The highest BCUT2D eigenvalue weighted by Crippen LogP contribution is 2.33. The third kappa shape index (κ3) is 2.12. The van der Waals surface area contributed by atoms with Crippen molar-refractivity contribution in [2.24, 2.45) is 10.2 Å². The van der Waals surface area contributed by atoms with Gasteiger partial charge < -0.3 is 5.11 Å². The number of aromatic nitrogens is 3. The van der Waals surface area contributed by atoms with Gasteiger partial charge in [0.2, 0.25) is 0 Å². The lowest BCUT2D eigenvalue weighted by Gasteiger charge is -1.98. The van der Waals surface area contributed by atoms with E-state index in [2.05, 4.69) is 25.6 Å². The molecule has 20 heavy (non-hydrogen) atoms. The molecule has 2 aromatic carbocycles. The van der Waals surface area contributed by atoms with E-state index in [1.807, 2.05) is 0 Å². The number of phenolic OH excluding ortho intramolecular Hbond substituents is 1. The second-order valence-electron chi connectivity index (χ2n) is 4.05. The SMILES string of the molecule is O=Cc1ccc(/N=N/c2ccc3[nH]nnc3c2O)cc1. The molecule has 1 heterocycles. The Morgan fingerprint density at radius 3 is 2.65 bits per heavy atom. The Labute approximate surface area is 113 Å². The predicted molar refractivity (Wildman–Crippen MR) is 71.6 cm³/mol. The number of aldehydes is 1. The topological polar surface area (TPSA) is 104 Å². The molecule has 3 rings (SSSR count). The summed E-state index contributed by atoms with van der Waals surface area (Å²) >= 11 is 0. The lowest BCUT2D eigenvalue weighted by molar-refractivity contribution is 0.112. The number of rotatable bonds is 3. The normalized spacial score (nSPS) is 11.2. The van der Waals surface area contributed by atoms with Crippen LogP contribution in [0.2, 0.25) is 0 Å². The van der Waals surface area contributed by atoms with Gasteiger partial charge in [0.05, 0.1) is 11.2 Å². The molecule has 0 fully saturated rings. The molecule has 0 saturated heterocycles. The van der Waals surface area contributed by atoms with Gasteiger partial charge in [-0.2, -0.15) is 5.11 Å². The summed E-state index contributed by atoms with van der Waals surface area (Å²) in [5.74, 6) is -0.0792. The fourth-order valence-corrected chi connectivity index (χ4v) is 1.70. The number of azo groups is 1. The molecule has 0 aliphatic rings. The number of fused-ring (bicyclic) bond motifs is 1. The van der Waals surface area contributed by atoms with E-state index in [1.54, 1.807) is 36.4 Å². The number of benzene rings is 2. The molecule has 7 nitrogen and oxygen atoms in total. The Kier molecular flexibility index (Phi) is 2.92. The first-order valence-electron chi connectivity index (χ1n) is 5.77. The fraction of sp³-hybridized carbons (Fsp3) is 0. The summed E-state index contributed by atoms with van der Waals surface area (Å²) in [5.41, 5.74) is 2.41. The molecular formula is C13H9N5O2. The number of nitrogens with zero attached hydrogens (tertiary/aromatic N) is 4. The average Bonchev–Trinajstić information content (AvgIpc) is 2.96. The molecule has 7 heteroatoms. The smallest absolute Gasteiger partial charge is 0.173 e. The van der Waals surface area contributed by atoms with Crippen molar-refractivity contribution < 1.29 is 9.90 Å². The third-order valence-corrected chi connectivity index (χ3v) is 2.75. The summed E-state index contributed by atoms with van der Waals surface area (Å²) in [7, 11) is 0. The van der Waals surface area contributed by atoms with Gasteiger partial charge in [-0.1, -0.05) is 5.21 Å². The number of hydrogen-bond donors (Lipinski definition) is 2. The van der Waals surface area contributed by atoms with Gasteiger partial charge in [0.15, 0.2) is 11.3 Å². The maximum absolute atomic E-state index is 10.5. The maximum Gasteiger partial charge on any atom is 0.173 e. The summed E-state index contributed by atoms with van der Waals surface area (Å²) in [6.45, 7) is 0. The fourth-order valence-electron chi connectivity index (χ4n) is 1.70. The van der Waals surface area contributed by atoms with Crippen molar-refractivity contribution in [1.29, 1.82) is 0 Å². The molecule has 1 aromatic heterocycles. The van der Waals surface area contributed by atoms with E-state index in [4.69, 9.17) is 0 Å². The van der Waals surface area contributed by atoms with Crippen LogP contribution in [0.15, 0.2) is 46.6 Å². The van der Waals surface area contributed by atoms with Crippen molar-refractivity contribution in [3.63, 3.8) is 0 Å². The quantitative estimate of drug-likeness (QED) is 0.562. The number of H-pyrrole nitrogens is 1. The number of carbonyl (C=O) groups excluding carboxylic acids is 1. The minimum Gasteiger partial charge on any atom is -0.504 e. The van der Waals surface area contributed by atoms with E-state index in [0.29, 0.717) is 28.0 Å². The molecule has 0 atom stereocenters. The summed E-state index contributed by atoms with van der Waals surface area (Å²) in [6.07, 6.45) is 0.755. The summed E-state index contributed by atoms with van der Waals surface area (Å²) < 4.78 is 0. The van der Waals surface area contributed by atoms with E-state index in [1.165, 1.54) is 0 Å². The van der Waals surface area contributed by atoms with Gasteiger partial charge in [-0.15, -0.1) is 10.2 Å². The first-order chi connectivity index (χ1) is 9.78. The largest absolute Gasteiger partial charge is 0.504 e. The van der Waals surface area contributed by atoms with Gasteiger partial charge in [0.25, 0.3) is 0 Å². The van der Waals surface area contributed by atoms with Crippen LogP contribution >= 0.6 is 0 Å². The zero-order valence-electron chi connectivity index (χ0n) is 10.2. The van der Waals surface area contributed by atoms with Gasteiger partial charge in [-0.25, -0.2) is 0 Å². The number of nitrogens with one attached hydrogen (secondary N) is 1. The molecule has 0 spiro atoms. The number of hydrogen-bond acceptors (Lipinski definition) is 6. The average molecular weight is 267 g/mol. The monoisotopic (exact) mass is 267 g/mol. The lowest BCUT2D eigenvalue weighted by atomic mass is 10.2. The van der Waals surface area contributed by atoms with Crippen LogP contribution in [0.5, 0.6) is 5.75 Å². The molecule has 0 amide bonds. The van der Waals surface area contributed by atoms with Crippen LogP contribution in [0.1, 0.15) is 10.4 Å². The molecule has 2 N–H and O–H groups in total. The molecule has 0 aliphatic carbocycles. The van der Waals surface area contributed by atoms with E-state index in [-0.39, 0.29) is 5.75 Å². The minimum atomic E-state index is -0.0792. The van der Waals surface area contributed by atoms with Crippen molar-refractivity contribution in [2.45, 2.75) is 0 Å². The van der Waals surface area contributed by atoms with Crippen LogP contribution in [0.4, 0.5) is 11.4 Å². The predicted octanol–water partition coefficient (Wildman–Crippen LogP) is 2.89. The molecule has 3 aromatic rings. The lowest BCUT2D eigenvalue weighted by Crippen LogP contribution is -1.76. The molecular weight excluding hydrogens is 258 g/mol. The van der Waals surface area contributed by atoms with E-state index < -0.39 is 0 Å². The van der Waals surface area contributed by atoms with Gasteiger partial charge in [-0.05, 0) is 36.4 Å². The van der Waals surface area contributed by atoms with Crippen LogP contribution in [-0.2, 0) is 0 Å². The second kappa shape index (κ2) is 4.88. The molecule has 0 unspecified atom stereocenters. The number of aromatic amines is 1. The highest BCUT2D eigenvalue weighted by Gasteiger charge is 2.08. The number of aromatic hydroxyl groups is 1. The van der Waals surface area contributed by atoms with Gasteiger partial charge in [-0.3, -0.25) is 9.89 Å². The molecule has 0 bridgehead atoms. The molecule has 0 aliphatic heterocycles. The summed E-state index contributed by atoms with van der Waals surface area (Å²) in [5, 5.41) is 27.9. The van der Waals surface area contributed by atoms with Crippen molar-refractivity contribution in [1.82, 2.24) is 15.4 Å². The first kappa shape index (κ1) is 12.0. The van der Waals surface area contributed by atoms with Gasteiger partial charge in [0.1, 0.15) is 12.0 Å². The third-order valence-electron chi connectivity index (χ3n) is 2.75. The number of phenols is 1. The second-order valence-corrected chi connectivity index (χ2v) is 4.05. The highest BCUT2D eigenvalue weighted by molar-refractivity contribution is 5.85. The maximum atomic E-state index is 10.5. The summed E-state index contributed by atoms with van der Waals surface area (Å²) in [6, 6.07) is 9.93. The zero-order chi connectivity index (χ0) is 13.9. The van der Waals surface area contributed by atoms with Gasteiger partial charge in [0, 0.05) is 5.56 Å². The summed E-state index contributed by atoms with van der Waals surface area (Å²) in [4.78, 5) is 10.5. The Morgan fingerprint density at radius 1 is 1.10 bits per heavy atom. The van der Waals surface area contributed by atoms with E-state index in [0.717, 1.165) is 6.29 Å². The van der Waals surface area contributed by atoms with Crippen LogP contribution < -0.4 is 0 Å².